The van der Waals surface area contributed by atoms with Gasteiger partial charge in [0.05, 0.1) is 11.5 Å². The molecule has 1 N–H and O–H groups in total. The first-order valence-electron chi connectivity index (χ1n) is 4.90. The van der Waals surface area contributed by atoms with Crippen molar-refractivity contribution < 1.29 is 4.79 Å². The van der Waals surface area contributed by atoms with Gasteiger partial charge in [-0.05, 0) is 31.5 Å². The lowest BCUT2D eigenvalue weighted by Gasteiger charge is -2.23. The smallest absolute Gasteiger partial charge is 0.230 e. The molecular weight excluding hydrogens is 224 g/mol. The van der Waals surface area contributed by atoms with E-state index in [0.29, 0.717) is 5.02 Å². The van der Waals surface area contributed by atoms with E-state index in [1.54, 1.807) is 12.1 Å². The monoisotopic (exact) mass is 236 g/mol. The highest BCUT2D eigenvalue weighted by atomic mass is 35.5. The molecule has 84 valence electrons. The highest BCUT2D eigenvalue weighted by Gasteiger charge is 2.29. The van der Waals surface area contributed by atoms with E-state index in [1.807, 2.05) is 32.0 Å². The van der Waals surface area contributed by atoms with Crippen LogP contribution in [0.15, 0.2) is 24.3 Å². The third-order valence-electron chi connectivity index (χ3n) is 2.46. The molecular formula is C12H13ClN2O. The summed E-state index contributed by atoms with van der Waals surface area (Å²) >= 11 is 5.78. The predicted octanol–water partition coefficient (Wildman–Crippen LogP) is 2.26. The molecule has 1 aromatic rings. The molecule has 1 rings (SSSR count). The van der Waals surface area contributed by atoms with Crippen LogP contribution in [0.5, 0.6) is 0 Å². The zero-order valence-electron chi connectivity index (χ0n) is 9.25. The standard InChI is InChI=1S/C12H13ClN2O/c1-12(2,11(16)15-8-7-14)9-3-5-10(13)6-4-9/h3-6H,8H2,1-2H3,(H,15,16). The number of nitrogens with one attached hydrogen (secondary N) is 1. The average molecular weight is 237 g/mol. The van der Waals surface area contributed by atoms with Crippen LogP contribution in [-0.4, -0.2) is 12.5 Å². The van der Waals surface area contributed by atoms with Gasteiger partial charge in [-0.1, -0.05) is 23.7 Å². The van der Waals surface area contributed by atoms with Crippen LogP contribution in [0.2, 0.25) is 5.02 Å². The Morgan fingerprint density at radius 3 is 2.50 bits per heavy atom. The van der Waals surface area contributed by atoms with Gasteiger partial charge in [-0.25, -0.2) is 0 Å². The zero-order chi connectivity index (χ0) is 12.2. The van der Waals surface area contributed by atoms with Crippen LogP contribution in [0, 0.1) is 11.3 Å². The average Bonchev–Trinajstić information content (AvgIpc) is 2.26. The summed E-state index contributed by atoms with van der Waals surface area (Å²) in [6, 6.07) is 9.00. The summed E-state index contributed by atoms with van der Waals surface area (Å²) in [5.74, 6) is -0.170. The minimum atomic E-state index is -0.665. The molecule has 0 bridgehead atoms. The van der Waals surface area contributed by atoms with E-state index < -0.39 is 5.41 Å². The van der Waals surface area contributed by atoms with Crippen LogP contribution in [-0.2, 0) is 10.2 Å². The molecule has 0 radical (unpaired) electrons. The highest BCUT2D eigenvalue weighted by Crippen LogP contribution is 2.24. The quantitative estimate of drug-likeness (QED) is 0.819. The van der Waals surface area contributed by atoms with E-state index in [2.05, 4.69) is 5.32 Å². The fraction of sp³-hybridized carbons (Fsp3) is 0.333. The molecule has 16 heavy (non-hydrogen) atoms. The molecule has 0 aliphatic carbocycles. The maximum Gasteiger partial charge on any atom is 0.230 e. The van der Waals surface area contributed by atoms with Gasteiger partial charge in [0.15, 0.2) is 0 Å². The fourth-order valence-electron chi connectivity index (χ4n) is 1.34. The van der Waals surface area contributed by atoms with Gasteiger partial charge >= 0.3 is 0 Å². The molecule has 1 amide bonds. The molecule has 0 saturated heterocycles. The van der Waals surface area contributed by atoms with Gasteiger partial charge in [-0.2, -0.15) is 5.26 Å². The molecule has 0 unspecified atom stereocenters. The van der Waals surface area contributed by atoms with E-state index in [-0.39, 0.29) is 12.5 Å². The number of amides is 1. The molecule has 1 aromatic carbocycles. The lowest BCUT2D eigenvalue weighted by molar-refractivity contribution is -0.125. The number of rotatable bonds is 3. The fourth-order valence-corrected chi connectivity index (χ4v) is 1.46. The van der Waals surface area contributed by atoms with Gasteiger partial charge in [0, 0.05) is 5.02 Å². The van der Waals surface area contributed by atoms with E-state index in [1.165, 1.54) is 0 Å². The van der Waals surface area contributed by atoms with Crippen molar-refractivity contribution in [2.24, 2.45) is 0 Å². The van der Waals surface area contributed by atoms with Gasteiger partial charge in [0.1, 0.15) is 6.54 Å². The molecule has 3 nitrogen and oxygen atoms in total. The van der Waals surface area contributed by atoms with Crippen molar-refractivity contribution in [2.45, 2.75) is 19.3 Å². The molecule has 0 atom stereocenters. The van der Waals surface area contributed by atoms with Gasteiger partial charge in [0.2, 0.25) is 5.91 Å². The van der Waals surface area contributed by atoms with Crippen LogP contribution in [0.4, 0.5) is 0 Å². The number of carbonyl (C=O) groups is 1. The van der Waals surface area contributed by atoms with Crippen LogP contribution < -0.4 is 5.32 Å². The minimum absolute atomic E-state index is 0.0237. The highest BCUT2D eigenvalue weighted by molar-refractivity contribution is 6.30. The predicted molar refractivity (Wildman–Crippen MR) is 63.1 cm³/mol. The van der Waals surface area contributed by atoms with Gasteiger partial charge < -0.3 is 5.32 Å². The summed E-state index contributed by atoms with van der Waals surface area (Å²) in [5.41, 5.74) is 0.203. The Kier molecular flexibility index (Phi) is 3.92. The number of hydrogen-bond donors (Lipinski definition) is 1. The summed E-state index contributed by atoms with van der Waals surface area (Å²) in [5, 5.41) is 11.6. The van der Waals surface area contributed by atoms with Gasteiger partial charge in [-0.3, -0.25) is 4.79 Å². The Balaban J connectivity index is 2.88. The van der Waals surface area contributed by atoms with Crippen molar-refractivity contribution in [3.05, 3.63) is 34.9 Å². The van der Waals surface area contributed by atoms with E-state index in [4.69, 9.17) is 16.9 Å². The second-order valence-electron chi connectivity index (χ2n) is 3.97. The van der Waals surface area contributed by atoms with Crippen molar-refractivity contribution in [1.29, 1.82) is 5.26 Å². The van der Waals surface area contributed by atoms with Crippen LogP contribution in [0.25, 0.3) is 0 Å². The SMILES string of the molecule is CC(C)(C(=O)NCC#N)c1ccc(Cl)cc1. The third-order valence-corrected chi connectivity index (χ3v) is 2.71. The van der Waals surface area contributed by atoms with E-state index in [0.717, 1.165) is 5.56 Å². The third kappa shape index (κ3) is 2.74. The first-order chi connectivity index (χ1) is 7.48. The van der Waals surface area contributed by atoms with Crippen molar-refractivity contribution in [2.75, 3.05) is 6.54 Å². The van der Waals surface area contributed by atoms with Crippen molar-refractivity contribution in [3.63, 3.8) is 0 Å². The largest absolute Gasteiger partial charge is 0.342 e. The summed E-state index contributed by atoms with van der Waals surface area (Å²) in [6.07, 6.45) is 0. The number of benzene rings is 1. The molecule has 0 aliphatic heterocycles. The van der Waals surface area contributed by atoms with E-state index in [9.17, 15) is 4.79 Å². The van der Waals surface area contributed by atoms with E-state index >= 15 is 0 Å². The molecule has 0 spiro atoms. The first-order valence-corrected chi connectivity index (χ1v) is 5.27. The molecule has 0 fully saturated rings. The maximum absolute atomic E-state index is 11.8. The summed E-state index contributed by atoms with van der Waals surface area (Å²) < 4.78 is 0. The normalized spacial score (nSPS) is 10.6. The zero-order valence-corrected chi connectivity index (χ0v) is 10.0. The first kappa shape index (κ1) is 12.5. The molecule has 4 heteroatoms. The molecule has 0 aliphatic rings. The number of nitrogens with zero attached hydrogens (tertiary/aromatic N) is 1. The van der Waals surface area contributed by atoms with Gasteiger partial charge in [0.25, 0.3) is 0 Å². The summed E-state index contributed by atoms with van der Waals surface area (Å²) in [7, 11) is 0. The lowest BCUT2D eigenvalue weighted by atomic mass is 9.84. The molecule has 0 saturated carbocycles. The maximum atomic E-state index is 11.8. The summed E-state index contributed by atoms with van der Waals surface area (Å²) in [6.45, 7) is 3.64. The minimum Gasteiger partial charge on any atom is -0.342 e. The molecule has 0 heterocycles. The number of nitriles is 1. The Hall–Kier alpha value is -1.53. The second kappa shape index (κ2) is 5.00. The Bertz CT molecular complexity index is 418. The van der Waals surface area contributed by atoms with Crippen LogP contribution in [0.3, 0.4) is 0 Å². The Morgan fingerprint density at radius 2 is 2.00 bits per heavy atom. The number of hydrogen-bond acceptors (Lipinski definition) is 2. The number of carbonyl (C=O) groups excluding carboxylic acids is 1. The van der Waals surface area contributed by atoms with Crippen molar-refractivity contribution >= 4 is 17.5 Å². The summed E-state index contributed by atoms with van der Waals surface area (Å²) in [4.78, 5) is 11.8. The van der Waals surface area contributed by atoms with Crippen LogP contribution in [0.1, 0.15) is 19.4 Å². The van der Waals surface area contributed by atoms with Crippen molar-refractivity contribution in [3.8, 4) is 6.07 Å². The molecule has 0 aromatic heterocycles. The Morgan fingerprint density at radius 1 is 1.44 bits per heavy atom. The Labute approximate surface area is 100 Å². The van der Waals surface area contributed by atoms with Gasteiger partial charge in [-0.15, -0.1) is 0 Å². The topological polar surface area (TPSA) is 52.9 Å². The second-order valence-corrected chi connectivity index (χ2v) is 4.41. The van der Waals surface area contributed by atoms with Crippen LogP contribution >= 0.6 is 11.6 Å². The van der Waals surface area contributed by atoms with Crippen molar-refractivity contribution in [1.82, 2.24) is 5.32 Å². The lowest BCUT2D eigenvalue weighted by Crippen LogP contribution is -2.40. The number of halogens is 1.